The summed E-state index contributed by atoms with van der Waals surface area (Å²) in [5, 5.41) is -0.0325. The van der Waals surface area contributed by atoms with E-state index in [-0.39, 0.29) is 29.4 Å². The number of ether oxygens (including phenoxy) is 2. The number of amides is 1. The van der Waals surface area contributed by atoms with E-state index in [1.165, 1.54) is 0 Å². The van der Waals surface area contributed by atoms with Gasteiger partial charge in [-0.1, -0.05) is 87.3 Å². The first-order valence-corrected chi connectivity index (χ1v) is 22.6. The van der Waals surface area contributed by atoms with Gasteiger partial charge in [0.25, 0.3) is 0 Å². The van der Waals surface area contributed by atoms with Crippen LogP contribution in [0.15, 0.2) is 12.7 Å². The highest BCUT2D eigenvalue weighted by atomic mass is 31.2. The second-order valence-electron chi connectivity index (χ2n) is 14.6. The first-order chi connectivity index (χ1) is 20.6. The van der Waals surface area contributed by atoms with Crippen molar-refractivity contribution in [2.75, 3.05) is 31.7 Å². The molecule has 254 valence electrons. The lowest BCUT2D eigenvalue weighted by Crippen LogP contribution is -2.71. The minimum Gasteiger partial charge on any atom is -0.457 e. The lowest BCUT2D eigenvalue weighted by Gasteiger charge is -2.54. The standard InChI is InChI=1S/C35H64NO6PSi/c1-12-16-23-43(24-17-13-2,25-18-14-3)33(34(39)41-21-15-4)36-30(26(5)31(37)28-20-19-22-40-28)29(32(36)38)27(6)42-44(10,11)35(7,8)9/h15,26-30H,4,12-14,16-25H2,1-3,5-11H3/t26-,27-,28+,29-,30-/m1/s1. The average molecular weight is 654 g/mol. The number of rotatable bonds is 19. The molecular weight excluding hydrogens is 589 g/mol. The van der Waals surface area contributed by atoms with Crippen LogP contribution in [0.4, 0.5) is 0 Å². The molecule has 0 spiro atoms. The third kappa shape index (κ3) is 8.98. The molecule has 2 aliphatic rings. The van der Waals surface area contributed by atoms with E-state index in [1.54, 1.807) is 11.0 Å². The number of carbonyl (C=O) groups is 3. The van der Waals surface area contributed by atoms with Gasteiger partial charge in [-0.25, -0.2) is 4.79 Å². The number of β-lactam (4-membered cyclic amide) rings is 1. The van der Waals surface area contributed by atoms with Gasteiger partial charge in [0.1, 0.15) is 18.1 Å². The first kappa shape index (κ1) is 39.0. The number of Topliss-reactive ketones (excluding diaryl/α,β-unsaturated/α-hetero) is 1. The number of esters is 1. The number of ketones is 1. The van der Waals surface area contributed by atoms with E-state index >= 15 is 0 Å². The SMILES string of the molecule is C=CCOC(=O)C(N1C(=O)[C@H]([C@@H](C)O[Si](C)(C)C(C)(C)C)[C@H]1[C@@H](C)C(=O)[C@@H]1CCCO1)=P(CCCC)(CCCC)CCCC. The van der Waals surface area contributed by atoms with E-state index in [0.717, 1.165) is 63.4 Å². The van der Waals surface area contributed by atoms with E-state index < -0.39 is 45.2 Å². The van der Waals surface area contributed by atoms with Gasteiger partial charge in [0.2, 0.25) is 5.91 Å². The van der Waals surface area contributed by atoms with Crippen molar-refractivity contribution in [3.8, 4) is 0 Å². The molecular formula is C35H64NO6PSi. The van der Waals surface area contributed by atoms with E-state index in [9.17, 15) is 14.4 Å². The topological polar surface area (TPSA) is 82.1 Å². The Labute approximate surface area is 270 Å². The fourth-order valence-corrected chi connectivity index (χ4v) is 13.2. The Balaban J connectivity index is 2.81. The lowest BCUT2D eigenvalue weighted by molar-refractivity contribution is -0.162. The largest absolute Gasteiger partial charge is 0.457 e. The highest BCUT2D eigenvalue weighted by Gasteiger charge is 2.59. The Hall–Kier alpha value is -1.21. The van der Waals surface area contributed by atoms with Crippen LogP contribution in [-0.4, -0.2) is 86.2 Å². The summed E-state index contributed by atoms with van der Waals surface area (Å²) in [4.78, 5) is 44.5. The van der Waals surface area contributed by atoms with Crippen LogP contribution in [0, 0.1) is 11.8 Å². The fraction of sp³-hybridized carbons (Fsp3) is 0.829. The maximum Gasteiger partial charge on any atom is 0.355 e. The fourth-order valence-electron chi connectivity index (χ4n) is 6.52. The quantitative estimate of drug-likeness (QED) is 0.0464. The Bertz CT molecular complexity index is 1020. The molecule has 5 atom stereocenters. The van der Waals surface area contributed by atoms with Gasteiger partial charge >= 0.3 is 5.97 Å². The normalized spacial score (nSPS) is 22.4. The van der Waals surface area contributed by atoms with E-state index in [4.69, 9.17) is 13.9 Å². The average Bonchev–Trinajstić information content (AvgIpc) is 3.50. The minimum absolute atomic E-state index is 0.0212. The number of hydrogen-bond donors (Lipinski definition) is 0. The Morgan fingerprint density at radius 2 is 1.61 bits per heavy atom. The maximum atomic E-state index is 14.6. The van der Waals surface area contributed by atoms with Crippen LogP contribution >= 0.6 is 6.89 Å². The van der Waals surface area contributed by atoms with Crippen LogP contribution in [0.2, 0.25) is 18.1 Å². The number of likely N-dealkylation sites (tertiary alicyclic amines) is 1. The molecule has 0 radical (unpaired) electrons. The maximum absolute atomic E-state index is 14.6. The Kier molecular flexibility index (Phi) is 15.1. The van der Waals surface area contributed by atoms with Crippen molar-refractivity contribution in [1.29, 1.82) is 0 Å². The molecule has 2 fully saturated rings. The molecule has 0 saturated carbocycles. The van der Waals surface area contributed by atoms with Gasteiger partial charge in [0.05, 0.1) is 18.1 Å². The third-order valence-electron chi connectivity index (χ3n) is 10.2. The molecule has 0 aromatic carbocycles. The summed E-state index contributed by atoms with van der Waals surface area (Å²) in [5.74, 6) is -1.51. The molecule has 2 rings (SSSR count). The van der Waals surface area contributed by atoms with Gasteiger partial charge in [-0.3, -0.25) is 9.59 Å². The van der Waals surface area contributed by atoms with Crippen molar-refractivity contribution in [1.82, 2.24) is 4.90 Å². The van der Waals surface area contributed by atoms with Crippen molar-refractivity contribution in [3.05, 3.63) is 12.7 Å². The van der Waals surface area contributed by atoms with E-state index in [0.29, 0.717) is 18.4 Å². The van der Waals surface area contributed by atoms with Crippen LogP contribution in [0.1, 0.15) is 107 Å². The summed E-state index contributed by atoms with van der Waals surface area (Å²) in [7, 11) is -2.22. The van der Waals surface area contributed by atoms with Gasteiger partial charge in [0.15, 0.2) is 14.1 Å². The van der Waals surface area contributed by atoms with Crippen molar-refractivity contribution >= 4 is 38.3 Å². The molecule has 1 amide bonds. The molecule has 2 saturated heterocycles. The van der Waals surface area contributed by atoms with E-state index in [2.05, 4.69) is 61.2 Å². The van der Waals surface area contributed by atoms with Gasteiger partial charge in [0, 0.05) is 12.5 Å². The molecule has 0 bridgehead atoms. The molecule has 0 unspecified atom stereocenters. The van der Waals surface area contributed by atoms with Crippen LogP contribution in [0.3, 0.4) is 0 Å². The lowest BCUT2D eigenvalue weighted by atomic mass is 9.74. The summed E-state index contributed by atoms with van der Waals surface area (Å²) in [6.45, 7) is 23.7. The zero-order valence-electron chi connectivity index (χ0n) is 29.7. The van der Waals surface area contributed by atoms with Gasteiger partial charge in [-0.2, -0.15) is 0 Å². The smallest absolute Gasteiger partial charge is 0.355 e. The molecule has 44 heavy (non-hydrogen) atoms. The highest BCUT2D eigenvalue weighted by molar-refractivity contribution is 7.77. The Morgan fingerprint density at radius 1 is 1.07 bits per heavy atom. The van der Waals surface area contributed by atoms with Gasteiger partial charge < -0.3 is 18.8 Å². The van der Waals surface area contributed by atoms with Crippen LogP contribution in [0.25, 0.3) is 0 Å². The molecule has 0 N–H and O–H groups in total. The number of hydrogen-bond acceptors (Lipinski definition) is 6. The summed E-state index contributed by atoms with van der Waals surface area (Å²) in [6.07, 6.45) is 11.0. The van der Waals surface area contributed by atoms with Crippen LogP contribution in [-0.2, 0) is 28.3 Å². The molecule has 7 nitrogen and oxygen atoms in total. The highest BCUT2D eigenvalue weighted by Crippen LogP contribution is 2.55. The zero-order chi connectivity index (χ0) is 33.3. The predicted octanol–water partition coefficient (Wildman–Crippen LogP) is 7.88. The molecule has 9 heteroatoms. The second-order valence-corrected chi connectivity index (χ2v) is 23.4. The van der Waals surface area contributed by atoms with Crippen molar-refractivity contribution in [2.24, 2.45) is 11.8 Å². The second kappa shape index (κ2) is 17.1. The molecule has 2 aliphatic heterocycles. The third-order valence-corrected chi connectivity index (χ3v) is 19.6. The van der Waals surface area contributed by atoms with Gasteiger partial charge in [-0.05, 0) is 75.6 Å². The minimum atomic E-state index is -2.22. The summed E-state index contributed by atoms with van der Waals surface area (Å²) in [6, 6.07) is -0.477. The Morgan fingerprint density at radius 3 is 2.05 bits per heavy atom. The van der Waals surface area contributed by atoms with Crippen molar-refractivity contribution in [3.63, 3.8) is 0 Å². The summed E-state index contributed by atoms with van der Waals surface area (Å²) in [5.41, 5.74) is 0.562. The molecule has 0 aromatic rings. The number of unbranched alkanes of at least 4 members (excludes halogenated alkanes) is 3. The molecule has 0 aromatic heterocycles. The monoisotopic (exact) mass is 653 g/mol. The van der Waals surface area contributed by atoms with E-state index in [1.807, 2.05) is 13.8 Å². The van der Waals surface area contributed by atoms with Gasteiger partial charge in [-0.15, -0.1) is 0 Å². The van der Waals surface area contributed by atoms with Crippen LogP contribution < -0.4 is 0 Å². The van der Waals surface area contributed by atoms with Crippen molar-refractivity contribution < 1.29 is 28.3 Å². The molecule has 0 aliphatic carbocycles. The first-order valence-electron chi connectivity index (χ1n) is 17.3. The summed E-state index contributed by atoms with van der Waals surface area (Å²) >= 11 is 0. The van der Waals surface area contributed by atoms with Crippen molar-refractivity contribution in [2.45, 2.75) is 143 Å². The summed E-state index contributed by atoms with van der Waals surface area (Å²) < 4.78 is 18.5. The number of nitrogens with zero attached hydrogens (tertiary/aromatic N) is 1. The van der Waals surface area contributed by atoms with Crippen LogP contribution in [0.5, 0.6) is 0 Å². The zero-order valence-corrected chi connectivity index (χ0v) is 31.6. The molecule has 2 heterocycles. The predicted molar refractivity (Wildman–Crippen MR) is 187 cm³/mol. The number of carbonyl (C=O) groups excluding carboxylic acids is 3.